The van der Waals surface area contributed by atoms with Gasteiger partial charge >= 0.3 is 5.97 Å². The van der Waals surface area contributed by atoms with Crippen molar-refractivity contribution in [3.05, 3.63) is 23.9 Å². The van der Waals surface area contributed by atoms with Crippen molar-refractivity contribution >= 4 is 11.8 Å². The SMILES string of the molecule is CC(Nc1cccc(C(=O)O)n1)C1CCCOC1. The van der Waals surface area contributed by atoms with Crippen molar-refractivity contribution < 1.29 is 14.6 Å². The molecule has 2 unspecified atom stereocenters. The Kier molecular flexibility index (Phi) is 4.15. The van der Waals surface area contributed by atoms with Gasteiger partial charge in [0.1, 0.15) is 5.82 Å². The van der Waals surface area contributed by atoms with Gasteiger partial charge in [0.25, 0.3) is 0 Å². The van der Waals surface area contributed by atoms with Crippen molar-refractivity contribution in [2.45, 2.75) is 25.8 Å². The molecule has 2 heterocycles. The number of hydrogen-bond acceptors (Lipinski definition) is 4. The van der Waals surface area contributed by atoms with Crippen molar-refractivity contribution in [2.24, 2.45) is 5.92 Å². The van der Waals surface area contributed by atoms with Gasteiger partial charge in [-0.3, -0.25) is 0 Å². The highest BCUT2D eigenvalue weighted by Crippen LogP contribution is 2.20. The second-order valence-electron chi connectivity index (χ2n) is 4.62. The zero-order valence-corrected chi connectivity index (χ0v) is 10.4. The van der Waals surface area contributed by atoms with Crippen LogP contribution in [0.2, 0.25) is 0 Å². The Morgan fingerprint density at radius 3 is 3.11 bits per heavy atom. The molecule has 0 radical (unpaired) electrons. The van der Waals surface area contributed by atoms with Gasteiger partial charge in [0.15, 0.2) is 5.69 Å². The molecule has 0 aliphatic carbocycles. The minimum Gasteiger partial charge on any atom is -0.477 e. The van der Waals surface area contributed by atoms with Crippen molar-refractivity contribution in [3.63, 3.8) is 0 Å². The zero-order chi connectivity index (χ0) is 13.0. The molecule has 5 heteroatoms. The maximum atomic E-state index is 10.8. The van der Waals surface area contributed by atoms with Crippen LogP contribution in [0.25, 0.3) is 0 Å². The second kappa shape index (κ2) is 5.82. The Morgan fingerprint density at radius 1 is 1.61 bits per heavy atom. The van der Waals surface area contributed by atoms with Gasteiger partial charge < -0.3 is 15.2 Å². The van der Waals surface area contributed by atoms with Crippen LogP contribution < -0.4 is 5.32 Å². The maximum absolute atomic E-state index is 10.8. The number of ether oxygens (including phenoxy) is 1. The lowest BCUT2D eigenvalue weighted by Gasteiger charge is -2.28. The molecule has 1 aliphatic rings. The molecular formula is C13H18N2O3. The lowest BCUT2D eigenvalue weighted by Crippen LogP contribution is -2.32. The van der Waals surface area contributed by atoms with E-state index in [0.29, 0.717) is 11.7 Å². The van der Waals surface area contributed by atoms with Gasteiger partial charge in [-0.15, -0.1) is 0 Å². The summed E-state index contributed by atoms with van der Waals surface area (Å²) in [6, 6.07) is 5.19. The van der Waals surface area contributed by atoms with Crippen molar-refractivity contribution in [2.75, 3.05) is 18.5 Å². The summed E-state index contributed by atoms with van der Waals surface area (Å²) in [5, 5.41) is 12.1. The molecule has 0 spiro atoms. The summed E-state index contributed by atoms with van der Waals surface area (Å²) in [7, 11) is 0. The van der Waals surface area contributed by atoms with E-state index >= 15 is 0 Å². The predicted octanol–water partition coefficient (Wildman–Crippen LogP) is 2.01. The Morgan fingerprint density at radius 2 is 2.44 bits per heavy atom. The Labute approximate surface area is 106 Å². The van der Waals surface area contributed by atoms with Crippen molar-refractivity contribution in [1.29, 1.82) is 0 Å². The van der Waals surface area contributed by atoms with Gasteiger partial charge in [-0.2, -0.15) is 0 Å². The highest BCUT2D eigenvalue weighted by Gasteiger charge is 2.20. The molecule has 1 saturated heterocycles. The number of aromatic carboxylic acids is 1. The first kappa shape index (κ1) is 12.8. The lowest BCUT2D eigenvalue weighted by molar-refractivity contribution is 0.0496. The summed E-state index contributed by atoms with van der Waals surface area (Å²) >= 11 is 0. The second-order valence-corrected chi connectivity index (χ2v) is 4.62. The predicted molar refractivity (Wildman–Crippen MR) is 67.8 cm³/mol. The minimum atomic E-state index is -1.01. The third-order valence-electron chi connectivity index (χ3n) is 3.25. The molecule has 5 nitrogen and oxygen atoms in total. The molecule has 18 heavy (non-hydrogen) atoms. The highest BCUT2D eigenvalue weighted by atomic mass is 16.5. The zero-order valence-electron chi connectivity index (χ0n) is 10.4. The number of rotatable bonds is 4. The summed E-state index contributed by atoms with van der Waals surface area (Å²) in [6.45, 7) is 3.68. The molecule has 1 aromatic rings. The topological polar surface area (TPSA) is 71.5 Å². The molecule has 0 bridgehead atoms. The molecule has 0 aromatic carbocycles. The Balaban J connectivity index is 1.99. The lowest BCUT2D eigenvalue weighted by atomic mass is 9.95. The average molecular weight is 250 g/mol. The van der Waals surface area contributed by atoms with Crippen LogP contribution in [0.1, 0.15) is 30.3 Å². The largest absolute Gasteiger partial charge is 0.477 e. The van der Waals surface area contributed by atoms with E-state index in [4.69, 9.17) is 9.84 Å². The molecule has 2 N–H and O–H groups in total. The third kappa shape index (κ3) is 3.20. The summed E-state index contributed by atoms with van der Waals surface area (Å²) in [6.07, 6.45) is 2.21. The average Bonchev–Trinajstić information content (AvgIpc) is 2.40. The van der Waals surface area contributed by atoms with E-state index in [1.54, 1.807) is 12.1 Å². The molecule has 2 rings (SSSR count). The van der Waals surface area contributed by atoms with Crippen molar-refractivity contribution in [3.8, 4) is 0 Å². The molecule has 1 aliphatic heterocycles. The van der Waals surface area contributed by atoms with Crippen LogP contribution in [0, 0.1) is 5.92 Å². The van der Waals surface area contributed by atoms with Crippen LogP contribution >= 0.6 is 0 Å². The van der Waals surface area contributed by atoms with Crippen molar-refractivity contribution in [1.82, 2.24) is 4.98 Å². The van der Waals surface area contributed by atoms with Crippen LogP contribution in [-0.4, -0.2) is 35.3 Å². The number of pyridine rings is 1. The number of nitrogens with zero attached hydrogens (tertiary/aromatic N) is 1. The van der Waals surface area contributed by atoms with Crippen LogP contribution in [0.15, 0.2) is 18.2 Å². The number of carboxylic acids is 1. The summed E-state index contributed by atoms with van der Waals surface area (Å²) < 4.78 is 5.45. The third-order valence-corrected chi connectivity index (χ3v) is 3.25. The fourth-order valence-electron chi connectivity index (χ4n) is 2.15. The number of hydrogen-bond donors (Lipinski definition) is 2. The summed E-state index contributed by atoms with van der Waals surface area (Å²) in [5.74, 6) is 0.0503. The quantitative estimate of drug-likeness (QED) is 0.855. The molecule has 98 valence electrons. The molecule has 1 aromatic heterocycles. The number of carboxylic acid groups (broad SMARTS) is 1. The van der Waals surface area contributed by atoms with E-state index in [9.17, 15) is 4.79 Å². The fraction of sp³-hybridized carbons (Fsp3) is 0.538. The number of anilines is 1. The molecular weight excluding hydrogens is 232 g/mol. The van der Waals surface area contributed by atoms with Crippen LogP contribution in [0.4, 0.5) is 5.82 Å². The monoisotopic (exact) mass is 250 g/mol. The highest BCUT2D eigenvalue weighted by molar-refractivity contribution is 5.85. The van der Waals surface area contributed by atoms with E-state index in [0.717, 1.165) is 26.1 Å². The van der Waals surface area contributed by atoms with Gasteiger partial charge in [-0.05, 0) is 31.9 Å². The minimum absolute atomic E-state index is 0.0621. The van der Waals surface area contributed by atoms with Gasteiger partial charge in [-0.25, -0.2) is 9.78 Å². The standard InChI is InChI=1S/C13H18N2O3/c1-9(10-4-3-7-18-8-10)14-12-6-2-5-11(15-12)13(16)17/h2,5-6,9-10H,3-4,7-8H2,1H3,(H,14,15)(H,16,17). The Hall–Kier alpha value is -1.62. The van der Waals surface area contributed by atoms with E-state index in [1.807, 2.05) is 0 Å². The Bertz CT molecular complexity index is 416. The number of nitrogens with one attached hydrogen (secondary N) is 1. The molecule has 1 fully saturated rings. The number of carbonyl (C=O) groups is 1. The molecule has 0 amide bonds. The van der Waals surface area contributed by atoms with E-state index in [1.165, 1.54) is 6.07 Å². The van der Waals surface area contributed by atoms with Gasteiger partial charge in [0.05, 0.1) is 6.61 Å². The smallest absolute Gasteiger partial charge is 0.354 e. The first-order valence-electron chi connectivity index (χ1n) is 6.21. The van der Waals surface area contributed by atoms with E-state index < -0.39 is 5.97 Å². The molecule has 0 saturated carbocycles. The first-order chi connectivity index (χ1) is 8.66. The van der Waals surface area contributed by atoms with Crippen LogP contribution in [0.3, 0.4) is 0 Å². The van der Waals surface area contributed by atoms with E-state index in [2.05, 4.69) is 17.2 Å². The van der Waals surface area contributed by atoms with Crippen LogP contribution in [0.5, 0.6) is 0 Å². The fourth-order valence-corrected chi connectivity index (χ4v) is 2.15. The molecule has 2 atom stereocenters. The van der Waals surface area contributed by atoms with E-state index in [-0.39, 0.29) is 11.7 Å². The number of aromatic nitrogens is 1. The van der Waals surface area contributed by atoms with Gasteiger partial charge in [-0.1, -0.05) is 6.07 Å². The summed E-state index contributed by atoms with van der Waals surface area (Å²) in [5.41, 5.74) is 0.0621. The first-order valence-corrected chi connectivity index (χ1v) is 6.21. The van der Waals surface area contributed by atoms with Gasteiger partial charge in [0, 0.05) is 18.6 Å². The maximum Gasteiger partial charge on any atom is 0.354 e. The van der Waals surface area contributed by atoms with Gasteiger partial charge in [0.2, 0.25) is 0 Å². The van der Waals surface area contributed by atoms with Crippen LogP contribution in [-0.2, 0) is 4.74 Å². The summed E-state index contributed by atoms with van der Waals surface area (Å²) in [4.78, 5) is 14.9. The normalized spacial score (nSPS) is 21.3.